The zero-order valence-corrected chi connectivity index (χ0v) is 17.1. The van der Waals surface area contributed by atoms with E-state index in [4.69, 9.17) is 4.74 Å². The largest absolute Gasteiger partial charge is 0.497 e. The summed E-state index contributed by atoms with van der Waals surface area (Å²) in [6.07, 6.45) is 0. The van der Waals surface area contributed by atoms with Crippen LogP contribution in [0.1, 0.15) is 15.9 Å². The maximum absolute atomic E-state index is 12.9. The van der Waals surface area contributed by atoms with Crippen molar-refractivity contribution in [2.75, 3.05) is 12.4 Å². The first-order chi connectivity index (χ1) is 14.7. The van der Waals surface area contributed by atoms with E-state index in [0.29, 0.717) is 5.56 Å². The van der Waals surface area contributed by atoms with E-state index >= 15 is 0 Å². The van der Waals surface area contributed by atoms with Crippen molar-refractivity contribution in [3.63, 3.8) is 0 Å². The molecule has 0 fully saturated rings. The molecular weight excluding hydrogens is 370 g/mol. The number of ether oxygens (including phenoxy) is 1. The Bertz CT molecular complexity index is 1150. The van der Waals surface area contributed by atoms with Crippen LogP contribution in [0.2, 0.25) is 0 Å². The monoisotopic (exact) mass is 393 g/mol. The molecule has 3 heteroatoms. The van der Waals surface area contributed by atoms with Gasteiger partial charge in [-0.2, -0.15) is 0 Å². The fourth-order valence-corrected chi connectivity index (χ4v) is 3.53. The zero-order chi connectivity index (χ0) is 20.9. The summed E-state index contributed by atoms with van der Waals surface area (Å²) in [5.41, 5.74) is 6.75. The molecule has 30 heavy (non-hydrogen) atoms. The van der Waals surface area contributed by atoms with Crippen LogP contribution in [-0.4, -0.2) is 13.0 Å². The predicted octanol–water partition coefficient (Wildman–Crippen LogP) is 6.59. The highest BCUT2D eigenvalue weighted by atomic mass is 16.5. The minimum Gasteiger partial charge on any atom is -0.497 e. The SMILES string of the molecule is COc1ccc(-c2cc(NC(=O)c3ccccc3)c(-c3ccccc3)cc2C)cc1. The summed E-state index contributed by atoms with van der Waals surface area (Å²) in [7, 11) is 1.66. The molecule has 0 unspecified atom stereocenters. The Labute approximate surface area is 177 Å². The van der Waals surface area contributed by atoms with E-state index in [-0.39, 0.29) is 5.91 Å². The molecule has 0 spiro atoms. The van der Waals surface area contributed by atoms with E-state index in [1.54, 1.807) is 7.11 Å². The van der Waals surface area contributed by atoms with Gasteiger partial charge in [0.2, 0.25) is 0 Å². The van der Waals surface area contributed by atoms with Crippen LogP contribution in [-0.2, 0) is 0 Å². The van der Waals surface area contributed by atoms with Gasteiger partial charge in [0.05, 0.1) is 7.11 Å². The van der Waals surface area contributed by atoms with Crippen LogP contribution < -0.4 is 10.1 Å². The van der Waals surface area contributed by atoms with E-state index in [9.17, 15) is 4.79 Å². The molecule has 0 heterocycles. The summed E-state index contributed by atoms with van der Waals surface area (Å²) in [6, 6.07) is 31.5. The number of carbonyl (C=O) groups excluding carboxylic acids is 1. The average Bonchev–Trinajstić information content (AvgIpc) is 2.81. The van der Waals surface area contributed by atoms with Crippen molar-refractivity contribution >= 4 is 11.6 Å². The Balaban J connectivity index is 1.80. The van der Waals surface area contributed by atoms with E-state index in [2.05, 4.69) is 36.5 Å². The normalized spacial score (nSPS) is 10.5. The van der Waals surface area contributed by atoms with Gasteiger partial charge in [0.15, 0.2) is 0 Å². The Morgan fingerprint density at radius 1 is 0.733 bits per heavy atom. The second kappa shape index (κ2) is 8.66. The number of hydrogen-bond acceptors (Lipinski definition) is 2. The molecular formula is C27H23NO2. The Morgan fingerprint density at radius 3 is 1.97 bits per heavy atom. The highest BCUT2D eigenvalue weighted by molar-refractivity contribution is 6.06. The van der Waals surface area contributed by atoms with Crippen LogP contribution in [0.5, 0.6) is 5.75 Å². The van der Waals surface area contributed by atoms with Gasteiger partial charge in [-0.05, 0) is 65.6 Å². The quantitative estimate of drug-likeness (QED) is 0.415. The van der Waals surface area contributed by atoms with Crippen molar-refractivity contribution in [1.82, 2.24) is 0 Å². The second-order valence-corrected chi connectivity index (χ2v) is 7.13. The molecule has 0 aliphatic carbocycles. The van der Waals surface area contributed by atoms with Crippen LogP contribution in [0, 0.1) is 6.92 Å². The highest BCUT2D eigenvalue weighted by Crippen LogP contribution is 2.36. The van der Waals surface area contributed by atoms with Crippen molar-refractivity contribution in [2.45, 2.75) is 6.92 Å². The molecule has 148 valence electrons. The molecule has 3 nitrogen and oxygen atoms in total. The van der Waals surface area contributed by atoms with E-state index in [0.717, 1.165) is 39.3 Å². The van der Waals surface area contributed by atoms with E-state index in [1.165, 1.54) is 0 Å². The number of benzene rings is 4. The summed E-state index contributed by atoms with van der Waals surface area (Å²) < 4.78 is 5.28. The highest BCUT2D eigenvalue weighted by Gasteiger charge is 2.14. The molecule has 4 rings (SSSR count). The molecule has 1 amide bonds. The number of aryl methyl sites for hydroxylation is 1. The lowest BCUT2D eigenvalue weighted by Crippen LogP contribution is -2.12. The van der Waals surface area contributed by atoms with Crippen molar-refractivity contribution in [1.29, 1.82) is 0 Å². The van der Waals surface area contributed by atoms with Crippen LogP contribution in [0.4, 0.5) is 5.69 Å². The fourth-order valence-electron chi connectivity index (χ4n) is 3.53. The molecule has 4 aromatic rings. The topological polar surface area (TPSA) is 38.3 Å². The van der Waals surface area contributed by atoms with Crippen LogP contribution in [0.25, 0.3) is 22.3 Å². The van der Waals surface area contributed by atoms with Gasteiger partial charge in [0, 0.05) is 16.8 Å². The average molecular weight is 393 g/mol. The van der Waals surface area contributed by atoms with E-state index in [1.807, 2.05) is 72.8 Å². The second-order valence-electron chi connectivity index (χ2n) is 7.13. The lowest BCUT2D eigenvalue weighted by atomic mass is 9.93. The first-order valence-electron chi connectivity index (χ1n) is 9.86. The number of nitrogens with one attached hydrogen (secondary N) is 1. The van der Waals surface area contributed by atoms with Crippen LogP contribution >= 0.6 is 0 Å². The van der Waals surface area contributed by atoms with E-state index < -0.39 is 0 Å². The first kappa shape index (κ1) is 19.5. The number of hydrogen-bond donors (Lipinski definition) is 1. The van der Waals surface area contributed by atoms with Gasteiger partial charge in [-0.15, -0.1) is 0 Å². The molecule has 0 radical (unpaired) electrons. The van der Waals surface area contributed by atoms with Crippen LogP contribution in [0.15, 0.2) is 97.1 Å². The Kier molecular flexibility index (Phi) is 5.62. The summed E-state index contributed by atoms with van der Waals surface area (Å²) >= 11 is 0. The lowest BCUT2D eigenvalue weighted by molar-refractivity contribution is 0.102. The number of anilines is 1. The summed E-state index contributed by atoms with van der Waals surface area (Å²) in [4.78, 5) is 12.9. The molecule has 0 saturated carbocycles. The molecule has 0 saturated heterocycles. The van der Waals surface area contributed by atoms with Gasteiger partial charge in [-0.3, -0.25) is 4.79 Å². The van der Waals surface area contributed by atoms with Gasteiger partial charge in [0.1, 0.15) is 5.75 Å². The number of methoxy groups -OCH3 is 1. The van der Waals surface area contributed by atoms with Gasteiger partial charge in [-0.25, -0.2) is 0 Å². The smallest absolute Gasteiger partial charge is 0.255 e. The Hall–Kier alpha value is -3.85. The van der Waals surface area contributed by atoms with Crippen LogP contribution in [0.3, 0.4) is 0 Å². The number of amides is 1. The fraction of sp³-hybridized carbons (Fsp3) is 0.0741. The summed E-state index contributed by atoms with van der Waals surface area (Å²) in [6.45, 7) is 2.09. The summed E-state index contributed by atoms with van der Waals surface area (Å²) in [5.74, 6) is 0.687. The molecule has 0 aliphatic heterocycles. The van der Waals surface area contributed by atoms with Crippen molar-refractivity contribution in [3.8, 4) is 28.0 Å². The minimum atomic E-state index is -0.127. The molecule has 1 N–H and O–H groups in total. The molecule has 4 aromatic carbocycles. The molecule has 0 aromatic heterocycles. The summed E-state index contributed by atoms with van der Waals surface area (Å²) in [5, 5.41) is 3.12. The van der Waals surface area contributed by atoms with Gasteiger partial charge in [0.25, 0.3) is 5.91 Å². The van der Waals surface area contributed by atoms with Crippen molar-refractivity contribution in [2.24, 2.45) is 0 Å². The third-order valence-corrected chi connectivity index (χ3v) is 5.13. The number of rotatable bonds is 5. The predicted molar refractivity (Wildman–Crippen MR) is 123 cm³/mol. The zero-order valence-electron chi connectivity index (χ0n) is 17.1. The Morgan fingerprint density at radius 2 is 1.33 bits per heavy atom. The molecule has 0 aliphatic rings. The van der Waals surface area contributed by atoms with Crippen molar-refractivity contribution < 1.29 is 9.53 Å². The first-order valence-corrected chi connectivity index (χ1v) is 9.86. The van der Waals surface area contributed by atoms with Gasteiger partial charge < -0.3 is 10.1 Å². The third kappa shape index (κ3) is 4.11. The maximum Gasteiger partial charge on any atom is 0.255 e. The third-order valence-electron chi connectivity index (χ3n) is 5.13. The molecule has 0 atom stereocenters. The minimum absolute atomic E-state index is 0.127. The van der Waals surface area contributed by atoms with Gasteiger partial charge >= 0.3 is 0 Å². The molecule has 0 bridgehead atoms. The lowest BCUT2D eigenvalue weighted by Gasteiger charge is -2.16. The van der Waals surface area contributed by atoms with Gasteiger partial charge in [-0.1, -0.05) is 60.7 Å². The standard InChI is InChI=1S/C27H23NO2/c1-19-17-25(20-9-5-3-6-10-20)26(28-27(29)22-11-7-4-8-12-22)18-24(19)21-13-15-23(30-2)16-14-21/h3-18H,1-2H3,(H,28,29). The maximum atomic E-state index is 12.9. The van der Waals surface area contributed by atoms with Crippen molar-refractivity contribution in [3.05, 3.63) is 108 Å². The number of carbonyl (C=O) groups is 1.